The first-order valence-electron chi connectivity index (χ1n) is 13.1. The number of aliphatic hydroxyl groups excluding tert-OH is 1. The number of halogens is 1. The number of aliphatic hydroxyl groups is 1. The minimum atomic E-state index is -1.21. The summed E-state index contributed by atoms with van der Waals surface area (Å²) in [4.78, 5) is 44.9. The van der Waals surface area contributed by atoms with Gasteiger partial charge in [-0.3, -0.25) is 14.4 Å². The number of carbonyl (C=O) groups is 3. The molecule has 2 bridgehead atoms. The van der Waals surface area contributed by atoms with Gasteiger partial charge in [-0.1, -0.05) is 65.7 Å². The SMILES string of the molecule is C=CCN(C(=O)[C@@H]1N([C@H](CO)c2ccccc2)C(=O)[C@H]2[C@H](C(=O)OCC)[C@H]3O[C@@]12CC3Br)C(C)CCC. The molecule has 1 aromatic carbocycles. The molecule has 0 aromatic heterocycles. The number of nitrogens with zero attached hydrogens (tertiary/aromatic N) is 2. The number of carbonyl (C=O) groups excluding carboxylic acids is 3. The molecule has 2 amide bonds. The van der Waals surface area contributed by atoms with Crippen molar-refractivity contribution in [1.82, 2.24) is 9.80 Å². The summed E-state index contributed by atoms with van der Waals surface area (Å²) in [6.45, 7) is 9.75. The summed E-state index contributed by atoms with van der Waals surface area (Å²) < 4.78 is 11.9. The van der Waals surface area contributed by atoms with Crippen LogP contribution >= 0.6 is 15.9 Å². The molecule has 0 radical (unpaired) electrons. The Morgan fingerprint density at radius 3 is 2.65 bits per heavy atom. The maximum absolute atomic E-state index is 14.5. The van der Waals surface area contributed by atoms with Gasteiger partial charge < -0.3 is 24.4 Å². The Labute approximate surface area is 227 Å². The van der Waals surface area contributed by atoms with Crippen LogP contribution in [-0.4, -0.2) is 81.1 Å². The summed E-state index contributed by atoms with van der Waals surface area (Å²) in [7, 11) is 0. The standard InChI is InChI=1S/C28H37BrN2O6/c1-5-11-17(4)30(14-6-2)26(34)24-28-15-19(29)23(37-28)21(27(35)36-7-3)22(28)25(33)31(24)20(16-32)18-12-9-8-10-13-18/h6,8-10,12-13,17,19-24,32H,2,5,7,11,14-16H2,1,3-4H3/t17?,19?,20-,21+,22-,23+,24+,28-/m1/s1. The van der Waals surface area contributed by atoms with Gasteiger partial charge in [0.25, 0.3) is 0 Å². The first-order valence-corrected chi connectivity index (χ1v) is 14.1. The highest BCUT2D eigenvalue weighted by atomic mass is 79.9. The number of alkyl halides is 1. The normalized spacial score (nSPS) is 31.6. The third-order valence-electron chi connectivity index (χ3n) is 8.06. The number of esters is 1. The first kappa shape index (κ1) is 27.8. The monoisotopic (exact) mass is 576 g/mol. The molecular weight excluding hydrogens is 540 g/mol. The van der Waals surface area contributed by atoms with Gasteiger partial charge in [0.15, 0.2) is 0 Å². The number of fused-ring (bicyclic) bond motifs is 1. The molecule has 8 atom stereocenters. The lowest BCUT2D eigenvalue weighted by Gasteiger charge is -2.41. The van der Waals surface area contributed by atoms with E-state index >= 15 is 0 Å². The van der Waals surface area contributed by atoms with Crippen LogP contribution in [0.2, 0.25) is 0 Å². The number of likely N-dealkylation sites (tertiary alicyclic amines) is 1. The predicted octanol–water partition coefficient (Wildman–Crippen LogP) is 3.23. The molecule has 4 rings (SSSR count). The van der Waals surface area contributed by atoms with Crippen LogP contribution in [0.15, 0.2) is 43.0 Å². The van der Waals surface area contributed by atoms with Gasteiger partial charge in [-0.25, -0.2) is 0 Å². The van der Waals surface area contributed by atoms with E-state index < -0.39 is 41.6 Å². The second-order valence-electron chi connectivity index (χ2n) is 10.2. The lowest BCUT2D eigenvalue weighted by atomic mass is 9.70. The minimum absolute atomic E-state index is 0.0913. The number of rotatable bonds is 11. The Balaban J connectivity index is 1.86. The van der Waals surface area contributed by atoms with Gasteiger partial charge in [0.05, 0.1) is 37.2 Å². The molecule has 8 nitrogen and oxygen atoms in total. The first-order chi connectivity index (χ1) is 17.8. The van der Waals surface area contributed by atoms with E-state index in [0.29, 0.717) is 18.5 Å². The van der Waals surface area contributed by atoms with Crippen molar-refractivity contribution in [3.8, 4) is 0 Å². The quantitative estimate of drug-likeness (QED) is 0.247. The second kappa shape index (κ2) is 11.3. The molecule has 3 saturated heterocycles. The fourth-order valence-corrected chi connectivity index (χ4v) is 7.52. The maximum atomic E-state index is 14.5. The van der Waals surface area contributed by atoms with Crippen LogP contribution in [0.4, 0.5) is 0 Å². The lowest BCUT2D eigenvalue weighted by Crippen LogP contribution is -2.58. The Hall–Kier alpha value is -2.23. The van der Waals surface area contributed by atoms with Crippen molar-refractivity contribution < 1.29 is 29.0 Å². The summed E-state index contributed by atoms with van der Waals surface area (Å²) in [6, 6.07) is 7.31. The molecule has 9 heteroatoms. The van der Waals surface area contributed by atoms with Crippen LogP contribution in [0.1, 0.15) is 51.6 Å². The third-order valence-corrected chi connectivity index (χ3v) is 8.90. The Morgan fingerprint density at radius 1 is 1.35 bits per heavy atom. The van der Waals surface area contributed by atoms with Crippen molar-refractivity contribution in [3.63, 3.8) is 0 Å². The molecule has 0 saturated carbocycles. The zero-order valence-electron chi connectivity index (χ0n) is 21.7. The van der Waals surface area contributed by atoms with E-state index in [1.165, 1.54) is 4.90 Å². The van der Waals surface area contributed by atoms with Crippen molar-refractivity contribution in [2.75, 3.05) is 19.8 Å². The van der Waals surface area contributed by atoms with Crippen molar-refractivity contribution in [2.45, 2.75) is 74.7 Å². The van der Waals surface area contributed by atoms with Gasteiger partial charge >= 0.3 is 5.97 Å². The molecule has 1 aromatic rings. The molecular formula is C28H37BrN2O6. The average molecular weight is 578 g/mol. The van der Waals surface area contributed by atoms with Gasteiger partial charge in [0, 0.05) is 17.4 Å². The zero-order chi connectivity index (χ0) is 26.9. The van der Waals surface area contributed by atoms with Crippen LogP contribution in [0, 0.1) is 11.8 Å². The van der Waals surface area contributed by atoms with Gasteiger partial charge in [-0.2, -0.15) is 0 Å². The molecule has 37 heavy (non-hydrogen) atoms. The van der Waals surface area contributed by atoms with Gasteiger partial charge in [0.2, 0.25) is 11.8 Å². The molecule has 2 unspecified atom stereocenters. The van der Waals surface area contributed by atoms with Crippen LogP contribution in [0.5, 0.6) is 0 Å². The molecule has 3 fully saturated rings. The number of hydrogen-bond donors (Lipinski definition) is 1. The fourth-order valence-electron chi connectivity index (χ4n) is 6.58. The van der Waals surface area contributed by atoms with E-state index in [0.717, 1.165) is 12.8 Å². The molecule has 3 aliphatic rings. The Kier molecular flexibility index (Phi) is 8.45. The third kappa shape index (κ3) is 4.53. The van der Waals surface area contributed by atoms with Gasteiger partial charge in [-0.15, -0.1) is 6.58 Å². The molecule has 1 N–H and O–H groups in total. The molecule has 1 spiro atoms. The highest BCUT2D eigenvalue weighted by molar-refractivity contribution is 9.09. The van der Waals surface area contributed by atoms with E-state index in [1.807, 2.05) is 37.3 Å². The molecule has 0 aliphatic carbocycles. The number of benzene rings is 1. The zero-order valence-corrected chi connectivity index (χ0v) is 23.3. The Morgan fingerprint density at radius 2 is 2.05 bits per heavy atom. The predicted molar refractivity (Wildman–Crippen MR) is 142 cm³/mol. The topological polar surface area (TPSA) is 96.4 Å². The van der Waals surface area contributed by atoms with E-state index in [-0.39, 0.29) is 35.9 Å². The number of amides is 2. The summed E-state index contributed by atoms with van der Waals surface area (Å²) in [5, 5.41) is 10.6. The van der Waals surface area contributed by atoms with Crippen molar-refractivity contribution >= 4 is 33.7 Å². The fraction of sp³-hybridized carbons (Fsp3) is 0.607. The van der Waals surface area contributed by atoms with Gasteiger partial charge in [0.1, 0.15) is 11.6 Å². The van der Waals surface area contributed by atoms with Crippen LogP contribution in [-0.2, 0) is 23.9 Å². The largest absolute Gasteiger partial charge is 0.466 e. The second-order valence-corrected chi connectivity index (χ2v) is 11.4. The van der Waals surface area contributed by atoms with Crippen molar-refractivity contribution in [3.05, 3.63) is 48.6 Å². The van der Waals surface area contributed by atoms with Gasteiger partial charge in [-0.05, 0) is 32.3 Å². The highest BCUT2D eigenvalue weighted by Crippen LogP contribution is 2.61. The Bertz CT molecular complexity index is 1020. The summed E-state index contributed by atoms with van der Waals surface area (Å²) in [5.41, 5.74) is -0.500. The van der Waals surface area contributed by atoms with Crippen LogP contribution in [0.3, 0.4) is 0 Å². The summed E-state index contributed by atoms with van der Waals surface area (Å²) >= 11 is 3.67. The average Bonchev–Trinajstić information content (AvgIpc) is 3.47. The van der Waals surface area contributed by atoms with E-state index in [2.05, 4.69) is 29.4 Å². The van der Waals surface area contributed by atoms with Crippen molar-refractivity contribution in [1.29, 1.82) is 0 Å². The van der Waals surface area contributed by atoms with Crippen LogP contribution in [0.25, 0.3) is 0 Å². The maximum Gasteiger partial charge on any atom is 0.312 e. The molecule has 3 aliphatic heterocycles. The minimum Gasteiger partial charge on any atom is -0.466 e. The summed E-state index contributed by atoms with van der Waals surface area (Å²) in [6.07, 6.45) is 3.18. The van der Waals surface area contributed by atoms with Crippen LogP contribution < -0.4 is 0 Å². The molecule has 202 valence electrons. The van der Waals surface area contributed by atoms with Crippen molar-refractivity contribution in [2.24, 2.45) is 11.8 Å². The highest BCUT2D eigenvalue weighted by Gasteiger charge is 2.77. The van der Waals surface area contributed by atoms with E-state index in [4.69, 9.17) is 9.47 Å². The summed E-state index contributed by atoms with van der Waals surface area (Å²) in [5.74, 6) is -2.81. The number of ether oxygens (including phenoxy) is 2. The lowest BCUT2D eigenvalue weighted by molar-refractivity contribution is -0.156. The smallest absolute Gasteiger partial charge is 0.312 e. The molecule has 3 heterocycles. The van der Waals surface area contributed by atoms with E-state index in [1.54, 1.807) is 17.9 Å². The van der Waals surface area contributed by atoms with E-state index in [9.17, 15) is 19.5 Å². The number of hydrogen-bond acceptors (Lipinski definition) is 6.